The number of benzene rings is 1. The van der Waals surface area contributed by atoms with E-state index >= 15 is 0 Å². The molecule has 0 unspecified atom stereocenters. The molecular weight excluding hydrogens is 260 g/mol. The van der Waals surface area contributed by atoms with Gasteiger partial charge in [-0.25, -0.2) is 0 Å². The molecule has 0 aromatic heterocycles. The van der Waals surface area contributed by atoms with Crippen LogP contribution in [0.25, 0.3) is 0 Å². The van der Waals surface area contributed by atoms with Crippen LogP contribution in [0.15, 0.2) is 24.3 Å². The minimum absolute atomic E-state index is 0.259. The minimum Gasteiger partial charge on any atom is -0.312 e. The van der Waals surface area contributed by atoms with Crippen LogP contribution in [-0.2, 0) is 4.79 Å². The van der Waals surface area contributed by atoms with Gasteiger partial charge in [0.05, 0.1) is 0 Å². The summed E-state index contributed by atoms with van der Waals surface area (Å²) < 4.78 is 0. The number of nitrogens with zero attached hydrogens (tertiary/aromatic N) is 2. The van der Waals surface area contributed by atoms with Crippen molar-refractivity contribution in [2.45, 2.75) is 44.6 Å². The van der Waals surface area contributed by atoms with Crippen molar-refractivity contribution in [3.8, 4) is 0 Å². The topological polar surface area (TPSA) is 23.6 Å². The lowest BCUT2D eigenvalue weighted by Gasteiger charge is -2.30. The van der Waals surface area contributed by atoms with E-state index in [0.29, 0.717) is 6.42 Å². The lowest BCUT2D eigenvalue weighted by Crippen LogP contribution is -2.43. The van der Waals surface area contributed by atoms with Gasteiger partial charge in [0.25, 0.3) is 0 Å². The smallest absolute Gasteiger partial charge is 0.228 e. The second-order valence-corrected chi connectivity index (χ2v) is 6.98. The van der Waals surface area contributed by atoms with Gasteiger partial charge in [0.1, 0.15) is 0 Å². The standard InChI is InChI=1S/C18H24N2O/c1-13-3-2-9-19(13)12-15-11-17(15)14-4-6-16(7-5-14)20-10-8-18(20)21/h4-7,13,15,17H,2-3,8-12H2,1H3/t13-,15-,17-/m1/s1. The molecule has 3 nitrogen and oxygen atoms in total. The highest BCUT2D eigenvalue weighted by molar-refractivity contribution is 5.99. The maximum absolute atomic E-state index is 11.5. The molecule has 1 aromatic carbocycles. The Morgan fingerprint density at radius 1 is 1.19 bits per heavy atom. The van der Waals surface area contributed by atoms with Gasteiger partial charge in [-0.15, -0.1) is 0 Å². The summed E-state index contributed by atoms with van der Waals surface area (Å²) in [6, 6.07) is 9.50. The van der Waals surface area contributed by atoms with E-state index in [-0.39, 0.29) is 5.91 Å². The summed E-state index contributed by atoms with van der Waals surface area (Å²) in [4.78, 5) is 16.0. The number of β-lactam (4-membered cyclic amide) rings is 1. The van der Waals surface area contributed by atoms with Crippen LogP contribution in [0.3, 0.4) is 0 Å². The number of likely N-dealkylation sites (tertiary alicyclic amines) is 1. The fourth-order valence-electron chi connectivity index (χ4n) is 3.91. The van der Waals surface area contributed by atoms with Crippen molar-refractivity contribution < 1.29 is 4.79 Å². The highest BCUT2D eigenvalue weighted by Crippen LogP contribution is 2.48. The number of amides is 1. The Balaban J connectivity index is 1.36. The third kappa shape index (κ3) is 2.48. The molecule has 2 saturated heterocycles. The van der Waals surface area contributed by atoms with Gasteiger partial charge in [0.2, 0.25) is 5.91 Å². The van der Waals surface area contributed by atoms with Gasteiger partial charge in [0, 0.05) is 31.2 Å². The van der Waals surface area contributed by atoms with Gasteiger partial charge < -0.3 is 9.80 Å². The second kappa shape index (κ2) is 5.13. The number of carbonyl (C=O) groups excluding carboxylic acids is 1. The van der Waals surface area contributed by atoms with E-state index in [2.05, 4.69) is 36.1 Å². The maximum Gasteiger partial charge on any atom is 0.228 e. The average Bonchev–Trinajstić information content (AvgIpc) is 3.13. The fraction of sp³-hybridized carbons (Fsp3) is 0.611. The molecule has 1 aromatic rings. The van der Waals surface area contributed by atoms with E-state index in [0.717, 1.165) is 30.1 Å². The molecule has 3 heteroatoms. The third-order valence-electron chi connectivity index (χ3n) is 5.57. The molecule has 112 valence electrons. The zero-order valence-corrected chi connectivity index (χ0v) is 12.8. The molecule has 2 heterocycles. The Bertz CT molecular complexity index is 539. The van der Waals surface area contributed by atoms with Crippen LogP contribution in [0.2, 0.25) is 0 Å². The number of carbonyl (C=O) groups is 1. The summed E-state index contributed by atoms with van der Waals surface area (Å²) in [5, 5.41) is 0. The van der Waals surface area contributed by atoms with Crippen molar-refractivity contribution in [1.29, 1.82) is 0 Å². The lowest BCUT2D eigenvalue weighted by molar-refractivity contribution is -0.122. The van der Waals surface area contributed by atoms with Crippen LogP contribution in [0.1, 0.15) is 44.1 Å². The first kappa shape index (κ1) is 13.3. The summed E-state index contributed by atoms with van der Waals surface area (Å²) in [6.07, 6.45) is 4.79. The number of hydrogen-bond donors (Lipinski definition) is 0. The van der Waals surface area contributed by atoms with Crippen LogP contribution >= 0.6 is 0 Å². The van der Waals surface area contributed by atoms with Gasteiger partial charge in [-0.05, 0) is 62.3 Å². The molecule has 1 amide bonds. The Morgan fingerprint density at radius 3 is 2.57 bits per heavy atom. The first-order chi connectivity index (χ1) is 10.2. The van der Waals surface area contributed by atoms with Crippen LogP contribution in [0, 0.1) is 5.92 Å². The number of hydrogen-bond acceptors (Lipinski definition) is 2. The first-order valence-electron chi connectivity index (χ1n) is 8.37. The predicted octanol–water partition coefficient (Wildman–Crippen LogP) is 3.01. The van der Waals surface area contributed by atoms with Gasteiger partial charge in [-0.1, -0.05) is 12.1 Å². The third-order valence-corrected chi connectivity index (χ3v) is 5.57. The zero-order valence-electron chi connectivity index (χ0n) is 12.8. The SMILES string of the molecule is C[C@@H]1CCCN1C[C@H]1C[C@@H]1c1ccc(N2CCC2=O)cc1. The summed E-state index contributed by atoms with van der Waals surface area (Å²) in [7, 11) is 0. The van der Waals surface area contributed by atoms with Gasteiger partial charge in [-0.2, -0.15) is 0 Å². The molecule has 0 spiro atoms. The molecule has 2 aliphatic heterocycles. The molecular formula is C18H24N2O. The molecule has 4 rings (SSSR count). The molecule has 3 aliphatic rings. The molecule has 1 saturated carbocycles. The van der Waals surface area contributed by atoms with Gasteiger partial charge in [-0.3, -0.25) is 4.79 Å². The fourth-order valence-corrected chi connectivity index (χ4v) is 3.91. The maximum atomic E-state index is 11.5. The average molecular weight is 284 g/mol. The number of rotatable bonds is 4. The molecule has 0 bridgehead atoms. The van der Waals surface area contributed by atoms with E-state index in [1.165, 1.54) is 37.9 Å². The summed E-state index contributed by atoms with van der Waals surface area (Å²) in [5.41, 5.74) is 2.53. The van der Waals surface area contributed by atoms with Crippen molar-refractivity contribution in [2.75, 3.05) is 24.5 Å². The molecule has 3 fully saturated rings. The van der Waals surface area contributed by atoms with Gasteiger partial charge >= 0.3 is 0 Å². The highest BCUT2D eigenvalue weighted by Gasteiger charge is 2.40. The van der Waals surface area contributed by atoms with E-state index in [9.17, 15) is 4.79 Å². The van der Waals surface area contributed by atoms with Crippen molar-refractivity contribution >= 4 is 11.6 Å². The highest BCUT2D eigenvalue weighted by atomic mass is 16.2. The van der Waals surface area contributed by atoms with Crippen molar-refractivity contribution in [3.63, 3.8) is 0 Å². The normalized spacial score (nSPS) is 32.3. The quantitative estimate of drug-likeness (QED) is 0.794. The minimum atomic E-state index is 0.259. The van der Waals surface area contributed by atoms with E-state index in [4.69, 9.17) is 0 Å². The van der Waals surface area contributed by atoms with E-state index < -0.39 is 0 Å². The number of anilines is 1. The van der Waals surface area contributed by atoms with Crippen LogP contribution in [0.5, 0.6) is 0 Å². The molecule has 0 N–H and O–H groups in total. The monoisotopic (exact) mass is 284 g/mol. The molecule has 3 atom stereocenters. The van der Waals surface area contributed by atoms with E-state index in [1.807, 2.05) is 4.90 Å². The molecule has 0 radical (unpaired) electrons. The summed E-state index contributed by atoms with van der Waals surface area (Å²) >= 11 is 0. The Morgan fingerprint density at radius 2 is 2.00 bits per heavy atom. The predicted molar refractivity (Wildman–Crippen MR) is 84.5 cm³/mol. The lowest BCUT2D eigenvalue weighted by atomic mass is 10.1. The summed E-state index contributed by atoms with van der Waals surface area (Å²) in [6.45, 7) is 5.82. The zero-order chi connectivity index (χ0) is 14.4. The molecule has 21 heavy (non-hydrogen) atoms. The Hall–Kier alpha value is -1.35. The Kier molecular flexibility index (Phi) is 3.26. The van der Waals surface area contributed by atoms with Crippen molar-refractivity contribution in [3.05, 3.63) is 29.8 Å². The first-order valence-corrected chi connectivity index (χ1v) is 8.37. The van der Waals surface area contributed by atoms with Crippen molar-refractivity contribution in [2.24, 2.45) is 5.92 Å². The molecule has 1 aliphatic carbocycles. The van der Waals surface area contributed by atoms with Crippen LogP contribution in [-0.4, -0.2) is 36.5 Å². The summed E-state index contributed by atoms with van der Waals surface area (Å²) in [5.74, 6) is 1.86. The van der Waals surface area contributed by atoms with Crippen molar-refractivity contribution in [1.82, 2.24) is 4.90 Å². The Labute approximate surface area is 126 Å². The van der Waals surface area contributed by atoms with E-state index in [1.54, 1.807) is 0 Å². The van der Waals surface area contributed by atoms with Gasteiger partial charge in [0.15, 0.2) is 0 Å². The largest absolute Gasteiger partial charge is 0.312 e. The van der Waals surface area contributed by atoms with Crippen LogP contribution in [0.4, 0.5) is 5.69 Å². The van der Waals surface area contributed by atoms with Crippen LogP contribution < -0.4 is 4.90 Å². The second-order valence-electron chi connectivity index (χ2n) is 6.98.